The van der Waals surface area contributed by atoms with Crippen molar-refractivity contribution in [2.75, 3.05) is 13.1 Å². The largest absolute Gasteiger partial charge is 0.392 e. The minimum absolute atomic E-state index is 0.0761. The molecule has 1 amide bonds. The van der Waals surface area contributed by atoms with Gasteiger partial charge in [-0.05, 0) is 23.0 Å². The van der Waals surface area contributed by atoms with Crippen molar-refractivity contribution in [2.45, 2.75) is 50.9 Å². The lowest BCUT2D eigenvalue weighted by Gasteiger charge is -2.20. The molecule has 3 atom stereocenters. The van der Waals surface area contributed by atoms with E-state index in [1.54, 1.807) is 0 Å². The average Bonchev–Trinajstić information content (AvgIpc) is 2.90. The molecule has 0 saturated carbocycles. The summed E-state index contributed by atoms with van der Waals surface area (Å²) in [7, 11) is 0. The molecule has 5 nitrogen and oxygen atoms in total. The van der Waals surface area contributed by atoms with Gasteiger partial charge in [-0.1, -0.05) is 45.0 Å². The first-order valence-corrected chi connectivity index (χ1v) is 7.75. The molecule has 22 heavy (non-hydrogen) atoms. The first kappa shape index (κ1) is 16.9. The van der Waals surface area contributed by atoms with Crippen LogP contribution >= 0.6 is 0 Å². The van der Waals surface area contributed by atoms with Crippen LogP contribution in [-0.2, 0) is 10.2 Å². The van der Waals surface area contributed by atoms with Gasteiger partial charge in [0.15, 0.2) is 0 Å². The van der Waals surface area contributed by atoms with Crippen molar-refractivity contribution < 1.29 is 15.0 Å². The van der Waals surface area contributed by atoms with E-state index in [4.69, 9.17) is 0 Å². The van der Waals surface area contributed by atoms with Gasteiger partial charge in [-0.3, -0.25) is 4.79 Å². The molecule has 3 unspecified atom stereocenters. The molecule has 1 aromatic carbocycles. The molecule has 1 aliphatic heterocycles. The molecule has 1 aromatic rings. The molecule has 1 saturated heterocycles. The van der Waals surface area contributed by atoms with Crippen molar-refractivity contribution in [3.63, 3.8) is 0 Å². The Morgan fingerprint density at radius 2 is 2.00 bits per heavy atom. The third-order valence-corrected chi connectivity index (χ3v) is 4.06. The highest BCUT2D eigenvalue weighted by Crippen LogP contribution is 2.23. The average molecular weight is 306 g/mol. The zero-order chi connectivity index (χ0) is 16.3. The van der Waals surface area contributed by atoms with Crippen molar-refractivity contribution >= 4 is 5.91 Å². The Morgan fingerprint density at radius 1 is 1.36 bits per heavy atom. The second-order valence-corrected chi connectivity index (χ2v) is 6.98. The fourth-order valence-electron chi connectivity index (χ4n) is 2.56. The number of hydrogen-bond donors (Lipinski definition) is 4. The molecule has 4 N–H and O–H groups in total. The molecule has 1 aliphatic rings. The number of aliphatic hydroxyl groups excluding tert-OH is 2. The van der Waals surface area contributed by atoms with Crippen LogP contribution in [0.1, 0.15) is 44.4 Å². The number of rotatable bonds is 4. The van der Waals surface area contributed by atoms with Gasteiger partial charge >= 0.3 is 0 Å². The lowest BCUT2D eigenvalue weighted by atomic mass is 9.86. The summed E-state index contributed by atoms with van der Waals surface area (Å²) in [6, 6.07) is 7.44. The summed E-state index contributed by atoms with van der Waals surface area (Å²) in [5, 5.41) is 25.3. The zero-order valence-electron chi connectivity index (χ0n) is 13.5. The van der Waals surface area contributed by atoms with E-state index in [1.165, 1.54) is 5.56 Å². The van der Waals surface area contributed by atoms with Crippen LogP contribution in [0.2, 0.25) is 0 Å². The molecule has 2 rings (SSSR count). The van der Waals surface area contributed by atoms with Gasteiger partial charge in [0, 0.05) is 13.1 Å². The number of benzene rings is 1. The van der Waals surface area contributed by atoms with Gasteiger partial charge in [-0.2, -0.15) is 0 Å². The van der Waals surface area contributed by atoms with E-state index in [0.29, 0.717) is 13.0 Å². The van der Waals surface area contributed by atoms with Gasteiger partial charge in [-0.25, -0.2) is 0 Å². The van der Waals surface area contributed by atoms with E-state index >= 15 is 0 Å². The SMILES string of the molecule is CC(C)(C)c1ccc(C(O)CNC(=O)C2CC(O)CN2)cc1. The molecule has 122 valence electrons. The molecule has 0 radical (unpaired) electrons. The summed E-state index contributed by atoms with van der Waals surface area (Å²) in [5.74, 6) is -0.179. The maximum absolute atomic E-state index is 11.9. The smallest absolute Gasteiger partial charge is 0.237 e. The molecular weight excluding hydrogens is 280 g/mol. The van der Waals surface area contributed by atoms with Crippen LogP contribution in [0.5, 0.6) is 0 Å². The molecular formula is C17H26N2O3. The maximum Gasteiger partial charge on any atom is 0.237 e. The highest BCUT2D eigenvalue weighted by molar-refractivity contribution is 5.82. The third kappa shape index (κ3) is 4.29. The van der Waals surface area contributed by atoms with Crippen LogP contribution in [0.4, 0.5) is 0 Å². The van der Waals surface area contributed by atoms with Crippen molar-refractivity contribution in [1.29, 1.82) is 0 Å². The van der Waals surface area contributed by atoms with Crippen LogP contribution in [-0.4, -0.2) is 41.4 Å². The van der Waals surface area contributed by atoms with Gasteiger partial charge in [0.2, 0.25) is 5.91 Å². The fraction of sp³-hybridized carbons (Fsp3) is 0.588. The van der Waals surface area contributed by atoms with E-state index in [-0.39, 0.29) is 23.9 Å². The molecule has 1 heterocycles. The van der Waals surface area contributed by atoms with Gasteiger partial charge in [0.05, 0.1) is 18.2 Å². The first-order chi connectivity index (χ1) is 10.3. The predicted octanol–water partition coefficient (Wildman–Crippen LogP) is 0.856. The summed E-state index contributed by atoms with van der Waals surface area (Å²) < 4.78 is 0. The number of aliphatic hydroxyl groups is 2. The number of nitrogens with one attached hydrogen (secondary N) is 2. The van der Waals surface area contributed by atoms with Crippen molar-refractivity contribution in [1.82, 2.24) is 10.6 Å². The monoisotopic (exact) mass is 306 g/mol. The zero-order valence-corrected chi connectivity index (χ0v) is 13.5. The molecule has 0 aliphatic carbocycles. The first-order valence-electron chi connectivity index (χ1n) is 7.75. The van der Waals surface area contributed by atoms with E-state index < -0.39 is 12.2 Å². The normalized spacial score (nSPS) is 23.3. The molecule has 1 fully saturated rings. The van der Waals surface area contributed by atoms with E-state index in [1.807, 2.05) is 24.3 Å². The Morgan fingerprint density at radius 3 is 2.50 bits per heavy atom. The van der Waals surface area contributed by atoms with Gasteiger partial charge < -0.3 is 20.8 Å². The molecule has 0 spiro atoms. The number of hydrogen-bond acceptors (Lipinski definition) is 4. The predicted molar refractivity (Wildman–Crippen MR) is 85.5 cm³/mol. The van der Waals surface area contributed by atoms with Crippen LogP contribution in [0.3, 0.4) is 0 Å². The standard InChI is InChI=1S/C17H26N2O3/c1-17(2,3)12-6-4-11(5-7-12)15(21)10-19-16(22)14-8-13(20)9-18-14/h4-7,13-15,18,20-21H,8-10H2,1-3H3,(H,19,22). The second-order valence-electron chi connectivity index (χ2n) is 6.98. The van der Waals surface area contributed by atoms with Crippen LogP contribution in [0.25, 0.3) is 0 Å². The Hall–Kier alpha value is -1.43. The molecule has 5 heteroatoms. The Labute approximate surface area is 131 Å². The topological polar surface area (TPSA) is 81.6 Å². The molecule has 0 bridgehead atoms. The summed E-state index contributed by atoms with van der Waals surface area (Å²) in [5.41, 5.74) is 2.07. The lowest BCUT2D eigenvalue weighted by Crippen LogP contribution is -2.41. The summed E-state index contributed by atoms with van der Waals surface area (Å²) in [4.78, 5) is 11.9. The number of β-amino-alcohol motifs (C(OH)–C–C–N with tert-alkyl or cyclic N) is 1. The van der Waals surface area contributed by atoms with E-state index in [2.05, 4.69) is 31.4 Å². The number of amides is 1. The van der Waals surface area contributed by atoms with Gasteiger partial charge in [0.25, 0.3) is 0 Å². The highest BCUT2D eigenvalue weighted by Gasteiger charge is 2.28. The van der Waals surface area contributed by atoms with Crippen molar-refractivity contribution in [2.24, 2.45) is 0 Å². The maximum atomic E-state index is 11.9. The van der Waals surface area contributed by atoms with Crippen molar-refractivity contribution in [3.05, 3.63) is 35.4 Å². The summed E-state index contributed by atoms with van der Waals surface area (Å²) >= 11 is 0. The Kier molecular flexibility index (Phi) is 5.21. The van der Waals surface area contributed by atoms with E-state index in [9.17, 15) is 15.0 Å². The second kappa shape index (κ2) is 6.77. The minimum Gasteiger partial charge on any atom is -0.392 e. The third-order valence-electron chi connectivity index (χ3n) is 4.06. The quantitative estimate of drug-likeness (QED) is 0.665. The Bertz CT molecular complexity index is 508. The van der Waals surface area contributed by atoms with E-state index in [0.717, 1.165) is 5.56 Å². The lowest BCUT2D eigenvalue weighted by molar-refractivity contribution is -0.123. The number of carbonyl (C=O) groups excluding carboxylic acids is 1. The minimum atomic E-state index is -0.732. The van der Waals surface area contributed by atoms with Crippen molar-refractivity contribution in [3.8, 4) is 0 Å². The van der Waals surface area contributed by atoms with Crippen LogP contribution < -0.4 is 10.6 Å². The summed E-state index contributed by atoms with van der Waals surface area (Å²) in [6.45, 7) is 7.03. The summed E-state index contributed by atoms with van der Waals surface area (Å²) in [6.07, 6.45) is -0.780. The fourth-order valence-corrected chi connectivity index (χ4v) is 2.56. The Balaban J connectivity index is 1.87. The van der Waals surface area contributed by atoms with Gasteiger partial charge in [0.1, 0.15) is 0 Å². The molecule has 0 aromatic heterocycles. The number of carbonyl (C=O) groups is 1. The van der Waals surface area contributed by atoms with Gasteiger partial charge in [-0.15, -0.1) is 0 Å². The highest BCUT2D eigenvalue weighted by atomic mass is 16.3. The van der Waals surface area contributed by atoms with Crippen LogP contribution in [0, 0.1) is 0 Å². The van der Waals surface area contributed by atoms with Crippen LogP contribution in [0.15, 0.2) is 24.3 Å².